The first-order valence-corrected chi connectivity index (χ1v) is 16.0. The van der Waals surface area contributed by atoms with Crippen LogP contribution >= 0.6 is 11.3 Å². The number of aryl methyl sites for hydroxylation is 1. The van der Waals surface area contributed by atoms with Crippen molar-refractivity contribution in [2.75, 3.05) is 13.1 Å². The number of aliphatic hydroxyl groups is 1. The maximum Gasteiger partial charge on any atom is 0.255 e. The Hall–Kier alpha value is -4.16. The van der Waals surface area contributed by atoms with Gasteiger partial charge in [-0.15, -0.1) is 11.3 Å². The van der Waals surface area contributed by atoms with E-state index in [0.717, 1.165) is 26.6 Å². The minimum Gasteiger partial charge on any atom is -0.388 e. The Bertz CT molecular complexity index is 1580. The van der Waals surface area contributed by atoms with Gasteiger partial charge in [-0.2, -0.15) is 0 Å². The minimum absolute atomic E-state index is 0.117. The van der Waals surface area contributed by atoms with Crippen LogP contribution in [0.3, 0.4) is 0 Å². The SMILES string of the molecule is CCNC(=O)C[C@H](NC(=O)[C@@H]1[C@@H](F)[C@@H](O)CN1C(=O)[C@H](C(C)C)N1Cc2ccccc2C1=O)c1ccc(-c2scnc2C)cc1. The molecular formula is C33H38FN5O5S. The Morgan fingerprint density at radius 2 is 1.84 bits per heavy atom. The first-order valence-electron chi connectivity index (χ1n) is 15.1. The van der Waals surface area contributed by atoms with Crippen molar-refractivity contribution in [3.63, 3.8) is 0 Å². The molecule has 0 radical (unpaired) electrons. The van der Waals surface area contributed by atoms with Crippen molar-refractivity contribution >= 4 is 35.0 Å². The van der Waals surface area contributed by atoms with E-state index in [-0.39, 0.29) is 30.7 Å². The van der Waals surface area contributed by atoms with E-state index in [1.54, 1.807) is 50.5 Å². The molecule has 5 rings (SSSR count). The van der Waals surface area contributed by atoms with Crippen LogP contribution in [-0.4, -0.2) is 81.0 Å². The van der Waals surface area contributed by atoms with Gasteiger partial charge < -0.3 is 25.5 Å². The van der Waals surface area contributed by atoms with E-state index in [9.17, 15) is 24.3 Å². The molecule has 5 atom stereocenters. The lowest BCUT2D eigenvalue weighted by molar-refractivity contribution is -0.144. The molecule has 10 nitrogen and oxygen atoms in total. The molecule has 0 saturated carbocycles. The highest BCUT2D eigenvalue weighted by molar-refractivity contribution is 7.13. The second-order valence-corrected chi connectivity index (χ2v) is 12.7. The summed E-state index contributed by atoms with van der Waals surface area (Å²) in [6, 6.07) is 11.0. The van der Waals surface area contributed by atoms with E-state index in [1.165, 1.54) is 16.2 Å². The molecule has 1 fully saturated rings. The molecular weight excluding hydrogens is 597 g/mol. The Kier molecular flexibility index (Phi) is 9.64. The second kappa shape index (κ2) is 13.5. The summed E-state index contributed by atoms with van der Waals surface area (Å²) >= 11 is 1.50. The zero-order chi connectivity index (χ0) is 32.4. The zero-order valence-corrected chi connectivity index (χ0v) is 26.5. The number of fused-ring (bicyclic) bond motifs is 1. The van der Waals surface area contributed by atoms with E-state index in [0.29, 0.717) is 17.7 Å². The van der Waals surface area contributed by atoms with Crippen molar-refractivity contribution in [1.29, 1.82) is 0 Å². The number of nitrogens with one attached hydrogen (secondary N) is 2. The van der Waals surface area contributed by atoms with E-state index in [1.807, 2.05) is 31.2 Å². The van der Waals surface area contributed by atoms with E-state index in [4.69, 9.17) is 0 Å². The molecule has 3 aromatic rings. The van der Waals surface area contributed by atoms with Crippen molar-refractivity contribution in [2.45, 2.75) is 71.1 Å². The molecule has 0 aliphatic carbocycles. The van der Waals surface area contributed by atoms with Gasteiger partial charge in [0.15, 0.2) is 6.17 Å². The summed E-state index contributed by atoms with van der Waals surface area (Å²) in [5.41, 5.74) is 5.48. The average Bonchev–Trinajstić information content (AvgIpc) is 3.68. The number of hydrogen-bond donors (Lipinski definition) is 3. The van der Waals surface area contributed by atoms with Crippen LogP contribution < -0.4 is 10.6 Å². The molecule has 1 aromatic heterocycles. The van der Waals surface area contributed by atoms with Crippen molar-refractivity contribution in [3.8, 4) is 10.4 Å². The quantitative estimate of drug-likeness (QED) is 0.313. The Morgan fingerprint density at radius 1 is 1.13 bits per heavy atom. The normalized spacial score (nSPS) is 20.7. The van der Waals surface area contributed by atoms with Gasteiger partial charge >= 0.3 is 0 Å². The molecule has 2 aliphatic heterocycles. The molecule has 0 unspecified atom stereocenters. The summed E-state index contributed by atoms with van der Waals surface area (Å²) in [4.78, 5) is 61.6. The van der Waals surface area contributed by atoms with Gasteiger partial charge in [0.1, 0.15) is 18.2 Å². The summed E-state index contributed by atoms with van der Waals surface area (Å²) < 4.78 is 15.6. The van der Waals surface area contributed by atoms with Crippen LogP contribution in [0.25, 0.3) is 10.4 Å². The van der Waals surface area contributed by atoms with E-state index >= 15 is 4.39 Å². The van der Waals surface area contributed by atoms with Gasteiger partial charge in [-0.25, -0.2) is 9.37 Å². The number of hydrogen-bond acceptors (Lipinski definition) is 7. The molecule has 12 heteroatoms. The van der Waals surface area contributed by atoms with Gasteiger partial charge in [-0.1, -0.05) is 56.3 Å². The van der Waals surface area contributed by atoms with Crippen LogP contribution in [0.1, 0.15) is 60.4 Å². The van der Waals surface area contributed by atoms with Gasteiger partial charge in [-0.05, 0) is 42.5 Å². The highest BCUT2D eigenvalue weighted by Crippen LogP contribution is 2.32. The third-order valence-corrected chi connectivity index (χ3v) is 9.39. The first kappa shape index (κ1) is 32.2. The fraction of sp³-hybridized carbons (Fsp3) is 0.424. The maximum atomic E-state index is 15.6. The predicted octanol–water partition coefficient (Wildman–Crippen LogP) is 3.39. The number of rotatable bonds is 10. The van der Waals surface area contributed by atoms with Crippen LogP contribution in [0, 0.1) is 12.8 Å². The molecule has 4 amide bonds. The summed E-state index contributed by atoms with van der Waals surface area (Å²) in [5, 5.41) is 16.0. The molecule has 2 aliphatic rings. The predicted molar refractivity (Wildman–Crippen MR) is 168 cm³/mol. The van der Waals surface area contributed by atoms with Crippen LogP contribution in [0.2, 0.25) is 0 Å². The molecule has 3 heterocycles. The third kappa shape index (κ3) is 6.48. The molecule has 0 bridgehead atoms. The van der Waals surface area contributed by atoms with E-state index in [2.05, 4.69) is 15.6 Å². The van der Waals surface area contributed by atoms with Crippen LogP contribution in [0.4, 0.5) is 4.39 Å². The number of β-amino-alcohol motifs (C(OH)–C–C–N with tert-alkyl or cyclic N) is 1. The molecule has 1 saturated heterocycles. The van der Waals surface area contributed by atoms with Crippen LogP contribution in [0.15, 0.2) is 54.0 Å². The third-order valence-electron chi connectivity index (χ3n) is 8.41. The summed E-state index contributed by atoms with van der Waals surface area (Å²) in [7, 11) is 0. The number of thiazole rings is 1. The van der Waals surface area contributed by atoms with Gasteiger partial charge in [0.2, 0.25) is 17.7 Å². The van der Waals surface area contributed by atoms with Crippen LogP contribution in [-0.2, 0) is 20.9 Å². The highest BCUT2D eigenvalue weighted by atomic mass is 32.1. The molecule has 238 valence electrons. The highest BCUT2D eigenvalue weighted by Gasteiger charge is 2.51. The van der Waals surface area contributed by atoms with Crippen molar-refractivity contribution in [1.82, 2.24) is 25.4 Å². The average molecular weight is 636 g/mol. The first-order chi connectivity index (χ1) is 21.5. The van der Waals surface area contributed by atoms with Gasteiger partial charge in [0, 0.05) is 18.7 Å². The Labute approximate surface area is 265 Å². The number of likely N-dealkylation sites (tertiary alicyclic amines) is 1. The lowest BCUT2D eigenvalue weighted by atomic mass is 9.99. The smallest absolute Gasteiger partial charge is 0.255 e. The van der Waals surface area contributed by atoms with Crippen molar-refractivity contribution in [2.24, 2.45) is 5.92 Å². The van der Waals surface area contributed by atoms with Crippen molar-refractivity contribution < 1.29 is 28.7 Å². The number of alkyl halides is 1. The molecule has 0 spiro atoms. The number of nitrogens with zero attached hydrogens (tertiary/aromatic N) is 3. The molecule has 2 aromatic carbocycles. The number of amides is 4. The fourth-order valence-electron chi connectivity index (χ4n) is 6.17. The summed E-state index contributed by atoms with van der Waals surface area (Å²) in [5.74, 6) is -2.43. The Morgan fingerprint density at radius 3 is 2.47 bits per heavy atom. The standard InChI is InChI=1S/C33H38FN5O5S/c1-5-35-26(41)14-24(20-10-12-21(13-11-20)30-19(4)36-17-45-30)37-31(42)29-27(34)25(40)16-39(29)33(44)28(18(2)3)38-15-22-8-6-7-9-23(22)32(38)43/h6-13,17-18,24-25,27-29,40H,5,14-16H2,1-4H3,(H,35,41)(H,37,42)/t24-,25-,27-,28-,29-/m0/s1. The Balaban J connectivity index is 1.40. The molecule has 3 N–H and O–H groups in total. The number of carbonyl (C=O) groups is 4. The van der Waals surface area contributed by atoms with Gasteiger partial charge in [0.25, 0.3) is 5.91 Å². The summed E-state index contributed by atoms with van der Waals surface area (Å²) in [6.45, 7) is 7.46. The van der Waals surface area contributed by atoms with E-state index < -0.39 is 48.8 Å². The number of aliphatic hydroxyl groups excluding tert-OH is 1. The lowest BCUT2D eigenvalue weighted by Gasteiger charge is -2.35. The molecule has 45 heavy (non-hydrogen) atoms. The largest absolute Gasteiger partial charge is 0.388 e. The van der Waals surface area contributed by atoms with Crippen molar-refractivity contribution in [3.05, 3.63) is 76.4 Å². The lowest BCUT2D eigenvalue weighted by Crippen LogP contribution is -2.57. The maximum absolute atomic E-state index is 15.6. The van der Waals surface area contributed by atoms with Gasteiger partial charge in [-0.3, -0.25) is 19.2 Å². The van der Waals surface area contributed by atoms with Crippen LogP contribution in [0.5, 0.6) is 0 Å². The monoisotopic (exact) mass is 635 g/mol. The zero-order valence-electron chi connectivity index (χ0n) is 25.7. The second-order valence-electron chi connectivity index (χ2n) is 11.8. The minimum atomic E-state index is -2.06. The number of benzene rings is 2. The number of halogens is 1. The fourth-order valence-corrected chi connectivity index (χ4v) is 6.98. The number of aromatic nitrogens is 1. The number of carbonyl (C=O) groups excluding carboxylic acids is 4. The topological polar surface area (TPSA) is 132 Å². The summed E-state index contributed by atoms with van der Waals surface area (Å²) in [6.07, 6.45) is -3.77. The van der Waals surface area contributed by atoms with Gasteiger partial charge in [0.05, 0.1) is 35.1 Å².